The Morgan fingerprint density at radius 1 is 0.926 bits per heavy atom. The summed E-state index contributed by atoms with van der Waals surface area (Å²) < 4.78 is 0. The van der Waals surface area contributed by atoms with Gasteiger partial charge in [-0.1, -0.05) is 36.4 Å². The van der Waals surface area contributed by atoms with Gasteiger partial charge in [-0.3, -0.25) is 0 Å². The first-order valence-corrected chi connectivity index (χ1v) is 9.15. The summed E-state index contributed by atoms with van der Waals surface area (Å²) in [4.78, 5) is 16.6. The smallest absolute Gasteiger partial charge is 0.321 e. The number of carbonyl (C=O) groups excluding carboxylic acids is 1. The summed E-state index contributed by atoms with van der Waals surface area (Å²) in [5.74, 6) is 0. The van der Waals surface area contributed by atoms with Gasteiger partial charge in [0.1, 0.15) is 0 Å². The van der Waals surface area contributed by atoms with Gasteiger partial charge in [-0.15, -0.1) is 12.4 Å². The van der Waals surface area contributed by atoms with E-state index in [1.165, 1.54) is 22.4 Å². The summed E-state index contributed by atoms with van der Waals surface area (Å²) in [7, 11) is 0. The highest BCUT2D eigenvalue weighted by Gasteiger charge is 2.21. The number of piperazine rings is 1. The quantitative estimate of drug-likeness (QED) is 0.842. The molecule has 1 saturated heterocycles. The lowest BCUT2D eigenvalue weighted by Crippen LogP contribution is -2.51. The Labute approximate surface area is 168 Å². The molecule has 1 fully saturated rings. The van der Waals surface area contributed by atoms with E-state index in [4.69, 9.17) is 0 Å². The Balaban J connectivity index is 0.00000261. The van der Waals surface area contributed by atoms with Crippen LogP contribution >= 0.6 is 12.4 Å². The maximum Gasteiger partial charge on any atom is 0.321 e. The van der Waals surface area contributed by atoms with Crippen molar-refractivity contribution in [3.05, 3.63) is 70.9 Å². The molecular formula is C22H28ClN3O. The SMILES string of the molecule is Cc1ccccc1/C=C/NC(=O)N1CCN(c2cccc(C)c2C)CC1.Cl. The second-order valence-electron chi connectivity index (χ2n) is 6.83. The van der Waals surface area contributed by atoms with Crippen molar-refractivity contribution in [2.75, 3.05) is 31.1 Å². The highest BCUT2D eigenvalue weighted by molar-refractivity contribution is 5.85. The molecule has 0 saturated carbocycles. The zero-order chi connectivity index (χ0) is 18.5. The van der Waals surface area contributed by atoms with Gasteiger partial charge >= 0.3 is 6.03 Å². The van der Waals surface area contributed by atoms with Crippen LogP contribution in [0.2, 0.25) is 0 Å². The number of anilines is 1. The maximum atomic E-state index is 12.4. The molecule has 0 atom stereocenters. The molecule has 0 unspecified atom stereocenters. The van der Waals surface area contributed by atoms with E-state index in [-0.39, 0.29) is 18.4 Å². The van der Waals surface area contributed by atoms with Crippen molar-refractivity contribution in [1.29, 1.82) is 0 Å². The zero-order valence-electron chi connectivity index (χ0n) is 16.2. The molecule has 4 nitrogen and oxygen atoms in total. The number of nitrogens with zero attached hydrogens (tertiary/aromatic N) is 2. The monoisotopic (exact) mass is 385 g/mol. The number of benzene rings is 2. The number of hydrogen-bond donors (Lipinski definition) is 1. The van der Waals surface area contributed by atoms with Crippen LogP contribution in [0.4, 0.5) is 10.5 Å². The number of hydrogen-bond acceptors (Lipinski definition) is 2. The van der Waals surface area contributed by atoms with Gasteiger partial charge < -0.3 is 15.1 Å². The van der Waals surface area contributed by atoms with Gasteiger partial charge in [0.05, 0.1) is 0 Å². The zero-order valence-corrected chi connectivity index (χ0v) is 17.1. The second kappa shape index (κ2) is 9.47. The van der Waals surface area contributed by atoms with Gasteiger partial charge in [-0.2, -0.15) is 0 Å². The number of halogens is 1. The minimum atomic E-state index is -0.0320. The molecule has 0 radical (unpaired) electrons. The fourth-order valence-electron chi connectivity index (χ4n) is 3.30. The van der Waals surface area contributed by atoms with E-state index in [2.05, 4.69) is 55.3 Å². The molecule has 1 N–H and O–H groups in total. The van der Waals surface area contributed by atoms with Crippen molar-refractivity contribution in [2.24, 2.45) is 0 Å². The Hall–Kier alpha value is -2.46. The summed E-state index contributed by atoms with van der Waals surface area (Å²) in [5.41, 5.74) is 6.23. The lowest BCUT2D eigenvalue weighted by Gasteiger charge is -2.36. The fourth-order valence-corrected chi connectivity index (χ4v) is 3.30. The van der Waals surface area contributed by atoms with Crippen LogP contribution in [0.3, 0.4) is 0 Å². The van der Waals surface area contributed by atoms with Crippen LogP contribution in [-0.4, -0.2) is 37.1 Å². The van der Waals surface area contributed by atoms with Crippen molar-refractivity contribution in [2.45, 2.75) is 20.8 Å². The average Bonchev–Trinajstić information content (AvgIpc) is 2.65. The first-order chi connectivity index (χ1) is 12.6. The molecule has 1 aliphatic rings. The molecule has 2 aromatic rings. The third-order valence-electron chi connectivity index (χ3n) is 5.14. The summed E-state index contributed by atoms with van der Waals surface area (Å²) >= 11 is 0. The van der Waals surface area contributed by atoms with E-state index in [1.54, 1.807) is 6.20 Å². The predicted molar refractivity (Wildman–Crippen MR) is 116 cm³/mol. The van der Waals surface area contributed by atoms with Crippen molar-refractivity contribution in [3.63, 3.8) is 0 Å². The number of urea groups is 1. The van der Waals surface area contributed by atoms with E-state index >= 15 is 0 Å². The first-order valence-electron chi connectivity index (χ1n) is 9.15. The van der Waals surface area contributed by atoms with E-state index < -0.39 is 0 Å². The van der Waals surface area contributed by atoms with Gasteiger partial charge in [-0.05, 0) is 55.2 Å². The normalized spacial score (nSPS) is 14.2. The molecule has 1 aliphatic heterocycles. The predicted octanol–water partition coefficient (Wildman–Crippen LogP) is 4.54. The molecule has 2 aromatic carbocycles. The molecule has 1 heterocycles. The van der Waals surface area contributed by atoms with Crippen molar-refractivity contribution in [3.8, 4) is 0 Å². The number of amides is 2. The fraction of sp³-hybridized carbons (Fsp3) is 0.318. The van der Waals surface area contributed by atoms with Crippen molar-refractivity contribution in [1.82, 2.24) is 10.2 Å². The van der Waals surface area contributed by atoms with Crippen LogP contribution in [0, 0.1) is 20.8 Å². The molecule has 2 amide bonds. The Morgan fingerprint density at radius 3 is 2.30 bits per heavy atom. The highest BCUT2D eigenvalue weighted by atomic mass is 35.5. The third kappa shape index (κ3) is 5.04. The third-order valence-corrected chi connectivity index (χ3v) is 5.14. The van der Waals surface area contributed by atoms with Crippen LogP contribution < -0.4 is 10.2 Å². The summed E-state index contributed by atoms with van der Waals surface area (Å²) in [6.07, 6.45) is 3.68. The molecule has 144 valence electrons. The summed E-state index contributed by atoms with van der Waals surface area (Å²) in [6, 6.07) is 14.5. The molecular weight excluding hydrogens is 358 g/mol. The van der Waals surface area contributed by atoms with E-state index in [9.17, 15) is 4.79 Å². The van der Waals surface area contributed by atoms with Crippen LogP contribution in [0.1, 0.15) is 22.3 Å². The number of carbonyl (C=O) groups is 1. The maximum absolute atomic E-state index is 12.4. The van der Waals surface area contributed by atoms with Crippen LogP contribution in [0.5, 0.6) is 0 Å². The van der Waals surface area contributed by atoms with E-state index in [0.717, 1.165) is 31.7 Å². The van der Waals surface area contributed by atoms with Gasteiger partial charge in [0.25, 0.3) is 0 Å². The van der Waals surface area contributed by atoms with Crippen LogP contribution in [0.15, 0.2) is 48.7 Å². The molecule has 0 spiro atoms. The Morgan fingerprint density at radius 2 is 1.59 bits per heavy atom. The molecule has 3 rings (SSSR count). The summed E-state index contributed by atoms with van der Waals surface area (Å²) in [6.45, 7) is 9.56. The highest BCUT2D eigenvalue weighted by Crippen LogP contribution is 2.23. The average molecular weight is 386 g/mol. The van der Waals surface area contributed by atoms with Gasteiger partial charge in [0.15, 0.2) is 0 Å². The minimum absolute atomic E-state index is 0. The summed E-state index contributed by atoms with van der Waals surface area (Å²) in [5, 5.41) is 2.89. The minimum Gasteiger partial charge on any atom is -0.368 e. The Kier molecular flexibility index (Phi) is 7.31. The topological polar surface area (TPSA) is 35.6 Å². The van der Waals surface area contributed by atoms with Crippen LogP contribution in [-0.2, 0) is 0 Å². The number of nitrogens with one attached hydrogen (secondary N) is 1. The largest absolute Gasteiger partial charge is 0.368 e. The number of rotatable bonds is 3. The molecule has 0 aromatic heterocycles. The van der Waals surface area contributed by atoms with Gasteiger partial charge in [-0.25, -0.2) is 4.79 Å². The lowest BCUT2D eigenvalue weighted by molar-refractivity contribution is 0.198. The van der Waals surface area contributed by atoms with Gasteiger partial charge in [0.2, 0.25) is 0 Å². The first kappa shape index (κ1) is 20.8. The van der Waals surface area contributed by atoms with Crippen molar-refractivity contribution >= 4 is 30.2 Å². The van der Waals surface area contributed by atoms with Crippen molar-refractivity contribution < 1.29 is 4.79 Å². The molecule has 0 bridgehead atoms. The molecule has 27 heavy (non-hydrogen) atoms. The van der Waals surface area contributed by atoms with E-state index in [0.29, 0.717) is 0 Å². The standard InChI is InChI=1S/C22H27N3O.ClH/c1-17-8-6-10-21(19(17)3)24-13-15-25(16-14-24)22(26)23-12-11-20-9-5-4-7-18(20)2;/h4-12H,13-16H2,1-3H3,(H,23,26);1H/b12-11+;. The Bertz CT molecular complexity index is 811. The number of aryl methyl sites for hydroxylation is 2. The second-order valence-corrected chi connectivity index (χ2v) is 6.83. The lowest BCUT2D eigenvalue weighted by atomic mass is 10.1. The molecule has 5 heteroatoms. The van der Waals surface area contributed by atoms with Gasteiger partial charge in [0, 0.05) is 38.1 Å². The van der Waals surface area contributed by atoms with E-state index in [1.807, 2.05) is 29.2 Å². The van der Waals surface area contributed by atoms with Crippen LogP contribution in [0.25, 0.3) is 6.08 Å². The molecule has 0 aliphatic carbocycles.